The van der Waals surface area contributed by atoms with Gasteiger partial charge in [-0.05, 0) is 37.3 Å². The summed E-state index contributed by atoms with van der Waals surface area (Å²) in [6.45, 7) is 1.67. The van der Waals surface area contributed by atoms with E-state index in [4.69, 9.17) is 4.42 Å². The SMILES string of the molecule is Cc1oc2nc[nH]c(=O)c2c1C(=O)N[C@H](CCCc1ccccc1)c1ccccc1. The van der Waals surface area contributed by atoms with E-state index >= 15 is 0 Å². The van der Waals surface area contributed by atoms with Crippen molar-refractivity contribution in [3.05, 3.63) is 99.8 Å². The number of H-pyrrole nitrogens is 1. The van der Waals surface area contributed by atoms with Crippen molar-refractivity contribution in [2.45, 2.75) is 32.2 Å². The summed E-state index contributed by atoms with van der Waals surface area (Å²) in [5, 5.41) is 3.29. The number of aromatic nitrogens is 2. The van der Waals surface area contributed by atoms with Gasteiger partial charge in [0.25, 0.3) is 11.5 Å². The number of amides is 1. The first-order valence-electron chi connectivity index (χ1n) is 10.00. The molecule has 0 aliphatic rings. The predicted molar refractivity (Wildman–Crippen MR) is 115 cm³/mol. The summed E-state index contributed by atoms with van der Waals surface area (Å²) in [5.74, 6) is 0.0427. The topological polar surface area (TPSA) is 88.0 Å². The van der Waals surface area contributed by atoms with Crippen molar-refractivity contribution in [1.82, 2.24) is 15.3 Å². The molecule has 2 aromatic carbocycles. The minimum absolute atomic E-state index is 0.168. The van der Waals surface area contributed by atoms with Crippen LogP contribution in [0.5, 0.6) is 0 Å². The Morgan fingerprint density at radius 1 is 1.10 bits per heavy atom. The Bertz CT molecular complexity index is 1200. The number of hydrogen-bond acceptors (Lipinski definition) is 4. The molecule has 1 amide bonds. The molecule has 6 nitrogen and oxygen atoms in total. The van der Waals surface area contributed by atoms with E-state index in [1.54, 1.807) is 6.92 Å². The normalized spacial score (nSPS) is 12.0. The van der Waals surface area contributed by atoms with Gasteiger partial charge in [0.2, 0.25) is 5.71 Å². The van der Waals surface area contributed by atoms with Gasteiger partial charge in [-0.3, -0.25) is 9.59 Å². The third-order valence-electron chi connectivity index (χ3n) is 5.21. The number of aryl methyl sites for hydroxylation is 2. The Morgan fingerprint density at radius 2 is 1.80 bits per heavy atom. The van der Waals surface area contributed by atoms with E-state index in [2.05, 4.69) is 27.4 Å². The fourth-order valence-corrected chi connectivity index (χ4v) is 3.72. The second-order valence-corrected chi connectivity index (χ2v) is 7.26. The maximum Gasteiger partial charge on any atom is 0.262 e. The van der Waals surface area contributed by atoms with Crippen LogP contribution in [-0.4, -0.2) is 15.9 Å². The van der Waals surface area contributed by atoms with Gasteiger partial charge in [0.1, 0.15) is 11.1 Å². The molecule has 30 heavy (non-hydrogen) atoms. The van der Waals surface area contributed by atoms with Crippen LogP contribution in [0.1, 0.15) is 46.1 Å². The van der Waals surface area contributed by atoms with Crippen LogP contribution < -0.4 is 10.9 Å². The average Bonchev–Trinajstić information content (AvgIpc) is 3.11. The molecule has 0 unspecified atom stereocenters. The van der Waals surface area contributed by atoms with E-state index < -0.39 is 0 Å². The quantitative estimate of drug-likeness (QED) is 0.483. The molecule has 4 aromatic rings. The minimum atomic E-state index is -0.387. The zero-order valence-corrected chi connectivity index (χ0v) is 16.7. The molecule has 6 heteroatoms. The largest absolute Gasteiger partial charge is 0.442 e. The molecule has 0 spiro atoms. The lowest BCUT2D eigenvalue weighted by Gasteiger charge is -2.19. The van der Waals surface area contributed by atoms with Crippen molar-refractivity contribution >= 4 is 17.0 Å². The first kappa shape index (κ1) is 19.6. The van der Waals surface area contributed by atoms with Gasteiger partial charge in [0.05, 0.1) is 17.9 Å². The number of benzene rings is 2. The van der Waals surface area contributed by atoms with Gasteiger partial charge in [-0.15, -0.1) is 0 Å². The van der Waals surface area contributed by atoms with Crippen LogP contribution in [0.15, 0.2) is 76.2 Å². The second-order valence-electron chi connectivity index (χ2n) is 7.26. The lowest BCUT2D eigenvalue weighted by Crippen LogP contribution is -2.29. The summed E-state index contributed by atoms with van der Waals surface area (Å²) in [6.07, 6.45) is 3.88. The highest BCUT2D eigenvalue weighted by molar-refractivity contribution is 6.06. The maximum absolute atomic E-state index is 13.2. The Morgan fingerprint density at radius 3 is 2.53 bits per heavy atom. The summed E-state index contributed by atoms with van der Waals surface area (Å²) in [7, 11) is 0. The molecule has 2 heterocycles. The van der Waals surface area contributed by atoms with Gasteiger partial charge in [-0.25, -0.2) is 4.98 Å². The molecule has 0 fully saturated rings. The third-order valence-corrected chi connectivity index (χ3v) is 5.21. The monoisotopic (exact) mass is 401 g/mol. The molecule has 0 saturated carbocycles. The van der Waals surface area contributed by atoms with Crippen LogP contribution in [0.25, 0.3) is 11.1 Å². The summed E-state index contributed by atoms with van der Waals surface area (Å²) in [5.41, 5.74) is 2.31. The third kappa shape index (κ3) is 4.17. The molecule has 0 saturated heterocycles. The standard InChI is InChI=1S/C24H23N3O3/c1-16-20(21-22(28)25-15-26-24(21)30-16)23(29)27-19(18-12-6-3-7-13-18)14-8-11-17-9-4-2-5-10-17/h2-7,9-10,12-13,15,19H,8,11,14H2,1H3,(H,27,29)(H,25,26,28)/t19-/m1/s1. The fraction of sp³-hybridized carbons (Fsp3) is 0.208. The number of fused-ring (bicyclic) bond motifs is 1. The van der Waals surface area contributed by atoms with Gasteiger partial charge in [-0.2, -0.15) is 0 Å². The van der Waals surface area contributed by atoms with Crippen LogP contribution in [0, 0.1) is 6.92 Å². The molecule has 0 bridgehead atoms. The van der Waals surface area contributed by atoms with Crippen molar-refractivity contribution in [3.63, 3.8) is 0 Å². The number of aromatic amines is 1. The highest BCUT2D eigenvalue weighted by atomic mass is 16.3. The van der Waals surface area contributed by atoms with E-state index in [0.29, 0.717) is 5.76 Å². The van der Waals surface area contributed by atoms with Crippen LogP contribution in [-0.2, 0) is 6.42 Å². The van der Waals surface area contributed by atoms with Crippen molar-refractivity contribution in [2.75, 3.05) is 0 Å². The molecule has 1 atom stereocenters. The van der Waals surface area contributed by atoms with Gasteiger partial charge in [-0.1, -0.05) is 60.7 Å². The van der Waals surface area contributed by atoms with Crippen molar-refractivity contribution in [1.29, 1.82) is 0 Å². The molecule has 0 aliphatic carbocycles. The molecular formula is C24H23N3O3. The Kier molecular flexibility index (Phi) is 5.75. The number of nitrogens with zero attached hydrogens (tertiary/aromatic N) is 1. The molecule has 4 rings (SSSR count). The highest BCUT2D eigenvalue weighted by Crippen LogP contribution is 2.24. The highest BCUT2D eigenvalue weighted by Gasteiger charge is 2.24. The van der Waals surface area contributed by atoms with E-state index in [0.717, 1.165) is 24.8 Å². The summed E-state index contributed by atoms with van der Waals surface area (Å²) in [6, 6.07) is 20.0. The Labute approximate surface area is 174 Å². The number of furan rings is 1. The molecule has 152 valence electrons. The predicted octanol–water partition coefficient (Wildman–Crippen LogP) is 4.32. The van der Waals surface area contributed by atoms with Crippen molar-refractivity contribution in [2.24, 2.45) is 0 Å². The molecule has 0 radical (unpaired) electrons. The molecule has 2 N–H and O–H groups in total. The zero-order chi connectivity index (χ0) is 20.9. The van der Waals surface area contributed by atoms with Gasteiger partial charge < -0.3 is 14.7 Å². The number of carbonyl (C=O) groups excluding carboxylic acids is 1. The van der Waals surface area contributed by atoms with Gasteiger partial charge >= 0.3 is 0 Å². The summed E-state index contributed by atoms with van der Waals surface area (Å²) < 4.78 is 5.54. The van der Waals surface area contributed by atoms with Crippen molar-refractivity contribution in [3.8, 4) is 0 Å². The van der Waals surface area contributed by atoms with E-state index in [9.17, 15) is 9.59 Å². The first-order chi connectivity index (χ1) is 14.6. The van der Waals surface area contributed by atoms with Crippen LogP contribution in [0.4, 0.5) is 0 Å². The van der Waals surface area contributed by atoms with Crippen LogP contribution >= 0.6 is 0 Å². The Hall–Kier alpha value is -3.67. The average molecular weight is 401 g/mol. The van der Waals surface area contributed by atoms with E-state index in [-0.39, 0.29) is 34.2 Å². The summed E-state index contributed by atoms with van der Waals surface area (Å²) in [4.78, 5) is 32.0. The second kappa shape index (κ2) is 8.78. The lowest BCUT2D eigenvalue weighted by molar-refractivity contribution is 0.0934. The Balaban J connectivity index is 1.57. The number of nitrogens with one attached hydrogen (secondary N) is 2. The molecular weight excluding hydrogens is 378 g/mol. The lowest BCUT2D eigenvalue weighted by atomic mass is 9.98. The van der Waals surface area contributed by atoms with Crippen molar-refractivity contribution < 1.29 is 9.21 Å². The van der Waals surface area contributed by atoms with E-state index in [1.807, 2.05) is 48.5 Å². The smallest absolute Gasteiger partial charge is 0.262 e. The number of carbonyl (C=O) groups is 1. The molecule has 2 aromatic heterocycles. The zero-order valence-electron chi connectivity index (χ0n) is 16.7. The number of rotatable bonds is 7. The number of hydrogen-bond donors (Lipinski definition) is 2. The molecule has 0 aliphatic heterocycles. The maximum atomic E-state index is 13.2. The first-order valence-corrected chi connectivity index (χ1v) is 10.00. The minimum Gasteiger partial charge on any atom is -0.442 e. The van der Waals surface area contributed by atoms with Gasteiger partial charge in [0, 0.05) is 0 Å². The van der Waals surface area contributed by atoms with Gasteiger partial charge in [0.15, 0.2) is 0 Å². The van der Waals surface area contributed by atoms with Crippen LogP contribution in [0.3, 0.4) is 0 Å². The summed E-state index contributed by atoms with van der Waals surface area (Å²) >= 11 is 0. The van der Waals surface area contributed by atoms with E-state index in [1.165, 1.54) is 11.9 Å². The van der Waals surface area contributed by atoms with Crippen LogP contribution in [0.2, 0.25) is 0 Å². The fourth-order valence-electron chi connectivity index (χ4n) is 3.72.